The number of benzene rings is 4. The molecule has 7 rings (SSSR count). The molecule has 0 bridgehead atoms. The molecule has 2 atom stereocenters. The van der Waals surface area contributed by atoms with Crippen molar-refractivity contribution in [3.05, 3.63) is 129 Å². The molecule has 0 heterocycles. The number of rotatable bonds is 7. The van der Waals surface area contributed by atoms with Crippen molar-refractivity contribution in [2.75, 3.05) is 0 Å². The zero-order valence-electron chi connectivity index (χ0n) is 32.3. The predicted molar refractivity (Wildman–Crippen MR) is 226 cm³/mol. The Morgan fingerprint density at radius 2 is 1.31 bits per heavy atom. The fourth-order valence-corrected chi connectivity index (χ4v) is 42.2. The number of hydrogen-bond donors (Lipinski definition) is 0. The molecule has 1 saturated carbocycles. The van der Waals surface area contributed by atoms with Crippen LogP contribution in [0.1, 0.15) is 126 Å². The van der Waals surface area contributed by atoms with Gasteiger partial charge in [-0.05, 0) is 0 Å². The third-order valence-corrected chi connectivity index (χ3v) is 64.9. The Kier molecular flexibility index (Phi) is 10.0. The molecule has 3 aliphatic rings. The number of hydrogen-bond acceptors (Lipinski definition) is 0. The first-order valence-corrected chi connectivity index (χ1v) is 35.9. The van der Waals surface area contributed by atoms with Gasteiger partial charge in [0.2, 0.25) is 0 Å². The molecule has 0 aliphatic heterocycles. The van der Waals surface area contributed by atoms with Crippen molar-refractivity contribution in [3.63, 3.8) is 0 Å². The van der Waals surface area contributed by atoms with Crippen LogP contribution in [0, 0.1) is 12.8 Å². The van der Waals surface area contributed by atoms with Crippen molar-refractivity contribution in [2.24, 2.45) is 5.92 Å². The summed E-state index contributed by atoms with van der Waals surface area (Å²) in [6, 6.07) is 30.4. The second-order valence-corrected chi connectivity index (χ2v) is 60.3. The van der Waals surface area contributed by atoms with Crippen LogP contribution in [0.5, 0.6) is 0 Å². The monoisotopic (exact) mass is 809 g/mol. The fourth-order valence-electron chi connectivity index (χ4n) is 9.93. The Balaban J connectivity index is 1.36. The molecule has 0 aromatic heterocycles. The van der Waals surface area contributed by atoms with E-state index in [0.717, 1.165) is 0 Å². The Bertz CT molecular complexity index is 2020. The number of fused-ring (bicyclic) bond motifs is 2. The van der Waals surface area contributed by atoms with Crippen LogP contribution in [-0.2, 0) is 21.0 Å². The maximum atomic E-state index is 8.73. The molecule has 0 spiro atoms. The zero-order chi connectivity index (χ0) is 36.5. The summed E-state index contributed by atoms with van der Waals surface area (Å²) in [5, 5.41) is 0. The van der Waals surface area contributed by atoms with Crippen molar-refractivity contribution in [2.45, 2.75) is 112 Å². The predicted octanol–water partition coefficient (Wildman–Crippen LogP) is 14.9. The number of allylic oxidation sites excluding steroid dienone is 2. The fraction of sp³-hybridized carbons (Fsp3) is 0.404. The molecule has 267 valence electrons. The maximum absolute atomic E-state index is 8.73. The first-order valence-electron chi connectivity index (χ1n) is 19.6. The van der Waals surface area contributed by atoms with Crippen LogP contribution in [0.4, 0.5) is 0 Å². The van der Waals surface area contributed by atoms with E-state index in [9.17, 15) is 0 Å². The minimum absolute atomic E-state index is 0.0850. The van der Waals surface area contributed by atoms with Gasteiger partial charge in [0.15, 0.2) is 0 Å². The molecule has 2 unspecified atom stereocenters. The summed E-state index contributed by atoms with van der Waals surface area (Å²) >= 11 is -4.86. The summed E-state index contributed by atoms with van der Waals surface area (Å²) < 4.78 is 0.174. The SMILES string of the molecule is CC1=Cc2c(-c3ccc(C(C)(C)C)cc3)ccc(C)c2[CH]1[Zr]([Cl])([Cl])([CH]1C(C(C)C)=Cc2c(-c3ccc(C4CCCCC4)cc3)cccc21)[SiH](C)C. The Morgan fingerprint density at radius 1 is 0.706 bits per heavy atom. The van der Waals surface area contributed by atoms with E-state index in [0.29, 0.717) is 11.8 Å². The van der Waals surface area contributed by atoms with Crippen LogP contribution in [0.3, 0.4) is 0 Å². The quantitative estimate of drug-likeness (QED) is 0.163. The van der Waals surface area contributed by atoms with Crippen LogP contribution >= 0.6 is 17.0 Å². The average Bonchev–Trinajstić information content (AvgIpc) is 3.69. The van der Waals surface area contributed by atoms with Crippen molar-refractivity contribution in [1.29, 1.82) is 0 Å². The normalized spacial score (nSPS) is 20.2. The standard InChI is InChI=1S/C24H27.C21H23.C2H7Si.2ClH.Zr/c1-17(2)22-15-21-9-6-10-23(24(21)16-22)20-13-11-19(12-14-20)18-7-4-3-5-8-18;1-14-12-19-15(2)6-11-18(20(19)13-14)16-7-9-17(10-8-16)21(3,4)5;1-3-2;;;/h6,9-18H,3-5,7-8H2,1-2H3;6-13H,1-5H3;3H,1-2H3;2*1H;/q;;;;;+2/p-2. The third kappa shape index (κ3) is 6.31. The summed E-state index contributed by atoms with van der Waals surface area (Å²) in [5.74, 6) is -0.590. The Morgan fingerprint density at radius 3 is 1.90 bits per heavy atom. The first-order chi connectivity index (χ1) is 24.1. The summed E-state index contributed by atoms with van der Waals surface area (Å²) in [5.41, 5.74) is 17.7. The molecule has 1 fully saturated rings. The van der Waals surface area contributed by atoms with Crippen molar-refractivity contribution < 1.29 is 15.6 Å². The van der Waals surface area contributed by atoms with Crippen LogP contribution in [-0.4, -0.2) is 5.92 Å². The van der Waals surface area contributed by atoms with Gasteiger partial charge in [0.05, 0.1) is 0 Å². The summed E-state index contributed by atoms with van der Waals surface area (Å²) in [4.78, 5) is 0. The van der Waals surface area contributed by atoms with E-state index in [4.69, 9.17) is 17.0 Å². The van der Waals surface area contributed by atoms with Crippen LogP contribution < -0.4 is 0 Å². The van der Waals surface area contributed by atoms with Gasteiger partial charge in [-0.1, -0.05) is 0 Å². The molecule has 0 radical (unpaired) electrons. The first kappa shape index (κ1) is 37.4. The van der Waals surface area contributed by atoms with E-state index in [1.807, 2.05) is 0 Å². The molecule has 4 heteroatoms. The van der Waals surface area contributed by atoms with Gasteiger partial charge in [-0.15, -0.1) is 0 Å². The van der Waals surface area contributed by atoms with Crippen molar-refractivity contribution in [1.82, 2.24) is 0 Å². The molecular formula is C47H57Cl2SiZr. The van der Waals surface area contributed by atoms with E-state index in [-0.39, 0.29) is 12.7 Å². The van der Waals surface area contributed by atoms with E-state index < -0.39 is 21.5 Å². The second-order valence-electron chi connectivity index (χ2n) is 17.8. The van der Waals surface area contributed by atoms with Gasteiger partial charge < -0.3 is 0 Å². The molecular weight excluding hydrogens is 755 g/mol. The summed E-state index contributed by atoms with van der Waals surface area (Å²) in [6.07, 6.45) is 11.7. The van der Waals surface area contributed by atoms with Crippen LogP contribution in [0.25, 0.3) is 34.4 Å². The topological polar surface area (TPSA) is 0 Å². The molecule has 4 aromatic carbocycles. The van der Waals surface area contributed by atoms with Crippen LogP contribution in [0.15, 0.2) is 90.0 Å². The van der Waals surface area contributed by atoms with Gasteiger partial charge in [-0.2, -0.15) is 0 Å². The van der Waals surface area contributed by atoms with Gasteiger partial charge >= 0.3 is 320 Å². The average molecular weight is 812 g/mol. The summed E-state index contributed by atoms with van der Waals surface area (Å²) in [6.45, 7) is 21.1. The third-order valence-electron chi connectivity index (χ3n) is 12.9. The van der Waals surface area contributed by atoms with Crippen molar-refractivity contribution in [3.8, 4) is 22.3 Å². The Labute approximate surface area is 317 Å². The Hall–Kier alpha value is -1.96. The van der Waals surface area contributed by atoms with Crippen molar-refractivity contribution >= 4 is 35.1 Å². The van der Waals surface area contributed by atoms with E-state index in [2.05, 4.69) is 153 Å². The minimum atomic E-state index is -4.86. The molecule has 0 nitrogen and oxygen atoms in total. The number of aryl methyl sites for hydroxylation is 1. The summed E-state index contributed by atoms with van der Waals surface area (Å²) in [7, 11) is 17.5. The van der Waals surface area contributed by atoms with Gasteiger partial charge in [0.25, 0.3) is 0 Å². The van der Waals surface area contributed by atoms with Crippen LogP contribution in [0.2, 0.25) is 13.1 Å². The van der Waals surface area contributed by atoms with E-state index in [1.165, 1.54) is 104 Å². The second kappa shape index (κ2) is 13.7. The molecule has 0 saturated heterocycles. The van der Waals surface area contributed by atoms with Gasteiger partial charge in [0.1, 0.15) is 0 Å². The molecule has 3 aliphatic carbocycles. The molecule has 0 N–H and O–H groups in total. The van der Waals surface area contributed by atoms with Gasteiger partial charge in [0, 0.05) is 0 Å². The van der Waals surface area contributed by atoms with Gasteiger partial charge in [-0.3, -0.25) is 0 Å². The zero-order valence-corrected chi connectivity index (χ0v) is 37.5. The molecule has 51 heavy (non-hydrogen) atoms. The molecule has 4 aromatic rings. The van der Waals surface area contributed by atoms with Gasteiger partial charge in [-0.25, -0.2) is 0 Å². The number of halogens is 2. The van der Waals surface area contributed by atoms with E-state index in [1.54, 1.807) is 0 Å². The molecule has 0 amide bonds. The van der Waals surface area contributed by atoms with E-state index >= 15 is 0 Å².